The van der Waals surface area contributed by atoms with E-state index in [1.165, 1.54) is 116 Å². The highest BCUT2D eigenvalue weighted by atomic mass is 16.7. The van der Waals surface area contributed by atoms with E-state index in [0.29, 0.717) is 85.2 Å². The van der Waals surface area contributed by atoms with E-state index in [1.807, 2.05) is 104 Å². The van der Waals surface area contributed by atoms with Gasteiger partial charge < -0.3 is 29.0 Å². The molecule has 26 rings (SSSR count). The summed E-state index contributed by atoms with van der Waals surface area (Å²) in [5.41, 5.74) is 31.7. The third-order valence-corrected chi connectivity index (χ3v) is 35.4. The van der Waals surface area contributed by atoms with Crippen LogP contribution in [0.25, 0.3) is 77.2 Å². The predicted octanol–water partition coefficient (Wildman–Crippen LogP) is 24.6. The Labute approximate surface area is 847 Å². The fourth-order valence-corrected chi connectivity index (χ4v) is 27.5. The van der Waals surface area contributed by atoms with Crippen molar-refractivity contribution in [2.75, 3.05) is 13.2 Å². The number of fused-ring (bicyclic) bond motifs is 19. The topological polar surface area (TPSA) is 274 Å². The quantitative estimate of drug-likeness (QED) is 0.0684. The Morgan fingerprint density at radius 2 is 0.826 bits per heavy atom. The maximum Gasteiger partial charge on any atom is 0.226 e. The van der Waals surface area contributed by atoms with Gasteiger partial charge in [-0.05, 0) is 151 Å². The first-order valence-corrected chi connectivity index (χ1v) is 51.9. The first-order valence-electron chi connectivity index (χ1n) is 52.9. The fourth-order valence-electron chi connectivity index (χ4n) is 27.5. The molecule has 13 aliphatic rings. The van der Waals surface area contributed by atoms with Gasteiger partial charge in [0.25, 0.3) is 0 Å². The average Bonchev–Trinajstić information content (AvgIpc) is 1.60. The van der Waals surface area contributed by atoms with Crippen molar-refractivity contribution in [2.45, 2.75) is 262 Å². The molecule has 12 atom stereocenters. The van der Waals surface area contributed by atoms with Crippen LogP contribution in [-0.4, -0.2) is 111 Å². The van der Waals surface area contributed by atoms with E-state index in [1.54, 1.807) is 0 Å². The molecule has 13 aromatic rings. The zero-order valence-corrected chi connectivity index (χ0v) is 85.8. The molecular weight excluding hydrogens is 1790 g/mol. The largest absolute Gasteiger partial charge is 0.524 e. The number of benzene rings is 6. The molecule has 4 N–H and O–H groups in total. The summed E-state index contributed by atoms with van der Waals surface area (Å²) >= 11 is 0. The van der Waals surface area contributed by atoms with E-state index in [4.69, 9.17) is 48.9 Å². The van der Waals surface area contributed by atoms with Gasteiger partial charge in [0.05, 0.1) is 102 Å². The lowest BCUT2D eigenvalue weighted by atomic mass is 9.58. The number of ketones is 3. The molecule has 1 aliphatic heterocycles. The molecule has 744 valence electrons. The van der Waals surface area contributed by atoms with Gasteiger partial charge in [0, 0.05) is 196 Å². The summed E-state index contributed by atoms with van der Waals surface area (Å²) in [6.07, 6.45) is 27.5. The number of aromatic amines is 2. The molecule has 144 heavy (non-hydrogen) atoms. The predicted molar refractivity (Wildman–Crippen MR) is 562 cm³/mol. The lowest BCUT2D eigenvalue weighted by molar-refractivity contribution is -0.199. The number of aryl methyl sites for hydroxylation is 4. The van der Waals surface area contributed by atoms with Crippen molar-refractivity contribution >= 4 is 17.3 Å². The molecule has 12 aliphatic carbocycles. The number of H-pyrrole nitrogens is 2. The molecule has 7 aromatic heterocycles. The van der Waals surface area contributed by atoms with Crippen molar-refractivity contribution in [3.05, 3.63) is 325 Å². The minimum Gasteiger partial charge on any atom is -0.524 e. The van der Waals surface area contributed by atoms with Crippen LogP contribution in [0, 0.1) is 48.7 Å². The van der Waals surface area contributed by atoms with Crippen LogP contribution in [0.4, 0.5) is 0 Å². The fraction of sp³-hybridized carbons (Fsp3) is 0.438. The van der Waals surface area contributed by atoms with E-state index < -0.39 is 0 Å². The number of Topliss-reactive ketones (excluding diaryl/α,β-unsaturated/α-hetero) is 3. The lowest BCUT2D eigenvalue weighted by Crippen LogP contribution is -2.49. The third-order valence-electron chi connectivity index (χ3n) is 35.4. The Bertz CT molecular complexity index is 7140. The standard InChI is InChI=1S/C21H26N2O2.C20H21N3O.C20H19N3O.C19H19N3O.C19H20N2O2.C19H22N2O.C2H6.CH4/c1-20-10-11-21(24-12-13-25-21)14-16(20)8-9-17-18(23(2)22-19(17)20)15-6-4-3-5-7-15;2*1-20-12-16(21-2)17(24)11-14(20)9-10-15-18(23(3)22-19(15)20)13-7-5-4-6-8-13;1-19-10-13-11-20-23-16(13)9-14(19)7-8-15-17(21-22-18(15)19)12-5-3-2-4-6-12;1-19-10-13(11-22)16(23)9-14(19)7-8-15-17(20-21-18(15)19)12-5-3-2-4-6-12;1-19-11-10-15(22)12-14(19)8-9-16-17(21(2)20-18(16)19)13-6-4-3-5-7-13;1-2;/h3-7,16H,8-14H2,1-2H3;4-8,14,24H,9-12H2,1,3H3;4-8,12,14H,9-11H2,1,3H3;2-6,11,14H,7-10H2,1H3,(H,21,22);2-6,11,14,22H,7-10H2,1H3,(H,20,21);3-7,14H,8-12H2,1-2H3;1-2H3;1H4/b;;;;13-11-;;;/t16-,20-;2*14-,20-;3*14-,19-;;/m000000../s1/i;;;;;;;1T. The number of aliphatic hydroxyl groups excluding tert-OH is 2. The third kappa shape index (κ3) is 17.5. The van der Waals surface area contributed by atoms with E-state index in [2.05, 4.69) is 228 Å². The van der Waals surface area contributed by atoms with Gasteiger partial charge in [-0.2, -0.15) is 30.6 Å². The number of nitrogens with one attached hydrogen (secondary N) is 2. The Morgan fingerprint density at radius 1 is 0.438 bits per heavy atom. The van der Waals surface area contributed by atoms with E-state index in [9.17, 15) is 24.6 Å². The maximum atomic E-state index is 12.1. The molecule has 3 saturated carbocycles. The number of allylic oxidation sites excluding steroid dienone is 5. The van der Waals surface area contributed by atoms with Crippen LogP contribution in [0.3, 0.4) is 0 Å². The van der Waals surface area contributed by atoms with Crippen molar-refractivity contribution in [2.24, 2.45) is 63.7 Å². The Hall–Kier alpha value is -13.5. The zero-order chi connectivity index (χ0) is 102. The van der Waals surface area contributed by atoms with Gasteiger partial charge in [-0.3, -0.25) is 38.5 Å². The molecule has 0 unspecified atom stereocenters. The first-order chi connectivity index (χ1) is 70.2. The number of aromatic nitrogens is 13. The second-order valence-corrected chi connectivity index (χ2v) is 43.4. The van der Waals surface area contributed by atoms with Crippen LogP contribution in [0.1, 0.15) is 252 Å². The van der Waals surface area contributed by atoms with Gasteiger partial charge in [0.1, 0.15) is 11.5 Å². The molecule has 0 bridgehead atoms. The smallest absolute Gasteiger partial charge is 0.226 e. The summed E-state index contributed by atoms with van der Waals surface area (Å²) in [7, 11) is 9.37. The van der Waals surface area contributed by atoms with Gasteiger partial charge >= 0.3 is 0 Å². The van der Waals surface area contributed by atoms with Gasteiger partial charge in [0.15, 0.2) is 17.4 Å². The number of carbonyl (C=O) groups excluding carboxylic acids is 3. The summed E-state index contributed by atoms with van der Waals surface area (Å²) in [4.78, 5) is 43.1. The van der Waals surface area contributed by atoms with Crippen molar-refractivity contribution in [1.29, 1.82) is 0 Å². The number of hydrogen-bond acceptors (Lipinski definition) is 15. The highest BCUT2D eigenvalue weighted by Crippen LogP contribution is 2.60. The lowest BCUT2D eigenvalue weighted by Gasteiger charge is -2.49. The average molecular weight is 1930 g/mol. The van der Waals surface area contributed by atoms with E-state index >= 15 is 0 Å². The number of rotatable bonds is 6. The van der Waals surface area contributed by atoms with Crippen LogP contribution in [0.5, 0.6) is 0 Å². The van der Waals surface area contributed by atoms with Crippen molar-refractivity contribution in [3.63, 3.8) is 0 Å². The van der Waals surface area contributed by atoms with Crippen molar-refractivity contribution in [3.8, 4) is 67.5 Å². The highest BCUT2D eigenvalue weighted by Gasteiger charge is 2.57. The Kier molecular flexibility index (Phi) is 27.1. The summed E-state index contributed by atoms with van der Waals surface area (Å²) in [6.45, 7) is 33.8. The summed E-state index contributed by atoms with van der Waals surface area (Å²) in [6, 6.07) is 62.6. The van der Waals surface area contributed by atoms with Gasteiger partial charge in [0.2, 0.25) is 11.4 Å². The second kappa shape index (κ2) is 39.9. The molecule has 8 heterocycles. The normalized spacial score (nSPS) is 26.7. The first kappa shape index (κ1) is 97.9. The second-order valence-electron chi connectivity index (χ2n) is 43.4. The summed E-state index contributed by atoms with van der Waals surface area (Å²) in [5, 5.41) is 59.1. The Balaban J connectivity index is 0.000000109. The van der Waals surface area contributed by atoms with Crippen molar-refractivity contribution < 1.29 is 40.0 Å². The molecule has 0 radical (unpaired) electrons. The van der Waals surface area contributed by atoms with Crippen molar-refractivity contribution in [1.82, 2.24) is 64.7 Å². The molecule has 1 saturated heterocycles. The van der Waals surface area contributed by atoms with Crippen LogP contribution < -0.4 is 0 Å². The molecule has 23 heteroatoms. The number of nitrogens with zero attached hydrogens (tertiary/aromatic N) is 13. The van der Waals surface area contributed by atoms with Crippen LogP contribution >= 0.6 is 0 Å². The highest BCUT2D eigenvalue weighted by molar-refractivity contribution is 5.99. The number of carbonyl (C=O) groups is 3. The monoisotopic (exact) mass is 1930 g/mol. The van der Waals surface area contributed by atoms with E-state index in [0.717, 1.165) is 180 Å². The van der Waals surface area contributed by atoms with Crippen LogP contribution in [0.2, 0.25) is 0 Å². The SMILES string of the molecule is CC.C[C@]12C/C(=C/O)C(=O)C[C@@H]1CCc1c(-c3ccccc3)n[nH]c12.C[C@]12Cc3cnoc3C[C@@H]1CCc1c(-c3ccccc3)n[nH]c12.Cn1nc2c(c1-c1ccccc1)CC[C@H]1CC(=O)CC[C@]21C.Cn1nc2c(c1-c1ccccc1)CC[C@H]1CC3(CC[C@]21C)OCCO3.[3H]C.[C-]#[N+]C1=C(O)C[C@@H]2CCc3c(nn(C)c3-c3ccccc3)[C@@]2(C)C1.[C-]#[N+]C1=C[C@]2(C)c3nn(C)c(-c4ccccc4)c3CC[C@H]2CC1=O. The Morgan fingerprint density at radius 3 is 1.28 bits per heavy atom. The minimum absolute atomic E-state index is 0.0184. The number of hydrogen-bond donors (Lipinski definition) is 4. The number of ether oxygens (including phenoxy) is 2. The molecule has 0 amide bonds. The van der Waals surface area contributed by atoms with Crippen LogP contribution in [-0.2, 0) is 136 Å². The molecule has 6 aromatic carbocycles. The van der Waals surface area contributed by atoms with Crippen LogP contribution in [0.15, 0.2) is 228 Å². The molecule has 4 fully saturated rings. The van der Waals surface area contributed by atoms with E-state index in [-0.39, 0.29) is 67.2 Å². The molecular formula is C121H137N15O8. The molecule has 23 nitrogen and oxygen atoms in total. The summed E-state index contributed by atoms with van der Waals surface area (Å²) < 4.78 is 31.3. The minimum atomic E-state index is -0.327. The van der Waals surface area contributed by atoms with Gasteiger partial charge in [-0.1, -0.05) is 256 Å². The number of aliphatic hydroxyl groups is 2. The molecule has 1 spiro atoms. The van der Waals surface area contributed by atoms with Gasteiger partial charge in [-0.15, -0.1) is 0 Å². The zero-order valence-electron chi connectivity index (χ0n) is 86.8. The summed E-state index contributed by atoms with van der Waals surface area (Å²) in [5.74, 6) is 4.13. The maximum absolute atomic E-state index is 12.1. The van der Waals surface area contributed by atoms with Gasteiger partial charge in [-0.25, -0.2) is 9.69 Å².